The van der Waals surface area contributed by atoms with Crippen molar-refractivity contribution in [1.82, 2.24) is 10.2 Å². The van der Waals surface area contributed by atoms with Crippen LogP contribution in [0.25, 0.3) is 0 Å². The van der Waals surface area contributed by atoms with Crippen molar-refractivity contribution in [2.45, 2.75) is 52.1 Å². The minimum absolute atomic E-state index is 0.170. The highest BCUT2D eigenvalue weighted by molar-refractivity contribution is 5.06. The number of hydrogen-bond acceptors (Lipinski definition) is 3. The van der Waals surface area contributed by atoms with Gasteiger partial charge in [0.2, 0.25) is 0 Å². The van der Waals surface area contributed by atoms with Crippen LogP contribution >= 0.6 is 0 Å². The van der Waals surface area contributed by atoms with Gasteiger partial charge in [-0.05, 0) is 26.8 Å². The standard InChI is InChI=1S/C15H28N2O/c1-5-8-9-14(16-7-3)15(4,6-2)17-10-12-18-13-11-17/h14,16H,6-7,9-13H2,1-4H3. The molecule has 104 valence electrons. The number of likely N-dealkylation sites (N-methyl/N-ethyl adjacent to an activating group) is 1. The summed E-state index contributed by atoms with van der Waals surface area (Å²) in [5.41, 5.74) is 0.170. The molecule has 1 heterocycles. The fourth-order valence-electron chi connectivity index (χ4n) is 2.73. The fourth-order valence-corrected chi connectivity index (χ4v) is 2.73. The molecule has 2 unspecified atom stereocenters. The summed E-state index contributed by atoms with van der Waals surface area (Å²) < 4.78 is 5.47. The summed E-state index contributed by atoms with van der Waals surface area (Å²) in [5, 5.41) is 3.62. The smallest absolute Gasteiger partial charge is 0.0594 e. The number of nitrogens with one attached hydrogen (secondary N) is 1. The molecule has 1 aliphatic rings. The van der Waals surface area contributed by atoms with Gasteiger partial charge in [0.15, 0.2) is 0 Å². The Morgan fingerprint density at radius 3 is 2.50 bits per heavy atom. The summed E-state index contributed by atoms with van der Waals surface area (Å²) in [5.74, 6) is 6.26. The van der Waals surface area contributed by atoms with Crippen molar-refractivity contribution >= 4 is 0 Å². The maximum Gasteiger partial charge on any atom is 0.0594 e. The SMILES string of the molecule is CC#CCC(NCC)C(C)(CC)N1CCOCC1. The van der Waals surface area contributed by atoms with Gasteiger partial charge in [-0.2, -0.15) is 0 Å². The zero-order valence-corrected chi connectivity index (χ0v) is 12.4. The first-order valence-electron chi connectivity index (χ1n) is 7.14. The average Bonchev–Trinajstić information content (AvgIpc) is 2.43. The quantitative estimate of drug-likeness (QED) is 0.731. The summed E-state index contributed by atoms with van der Waals surface area (Å²) in [6, 6.07) is 0.429. The molecule has 0 saturated carbocycles. The second-order valence-corrected chi connectivity index (χ2v) is 5.05. The lowest BCUT2D eigenvalue weighted by atomic mass is 9.85. The number of morpholine rings is 1. The molecular weight excluding hydrogens is 224 g/mol. The van der Waals surface area contributed by atoms with E-state index in [0.29, 0.717) is 6.04 Å². The first-order chi connectivity index (χ1) is 8.69. The van der Waals surface area contributed by atoms with E-state index in [4.69, 9.17) is 4.74 Å². The summed E-state index contributed by atoms with van der Waals surface area (Å²) in [6.07, 6.45) is 2.06. The monoisotopic (exact) mass is 252 g/mol. The Labute approximate surface area is 112 Å². The lowest BCUT2D eigenvalue weighted by Gasteiger charge is -2.47. The molecule has 2 atom stereocenters. The Morgan fingerprint density at radius 1 is 1.33 bits per heavy atom. The van der Waals surface area contributed by atoms with Gasteiger partial charge in [-0.3, -0.25) is 4.90 Å². The first-order valence-corrected chi connectivity index (χ1v) is 7.14. The van der Waals surface area contributed by atoms with E-state index >= 15 is 0 Å². The molecule has 0 bridgehead atoms. The molecule has 0 amide bonds. The van der Waals surface area contributed by atoms with Gasteiger partial charge in [0.25, 0.3) is 0 Å². The van der Waals surface area contributed by atoms with E-state index in [2.05, 4.69) is 42.8 Å². The predicted molar refractivity (Wildman–Crippen MR) is 76.6 cm³/mol. The second-order valence-electron chi connectivity index (χ2n) is 5.05. The zero-order valence-electron chi connectivity index (χ0n) is 12.4. The van der Waals surface area contributed by atoms with Gasteiger partial charge < -0.3 is 10.1 Å². The van der Waals surface area contributed by atoms with Crippen molar-refractivity contribution in [2.24, 2.45) is 0 Å². The Balaban J connectivity index is 2.80. The Kier molecular flexibility index (Phi) is 6.70. The lowest BCUT2D eigenvalue weighted by molar-refractivity contribution is -0.0314. The highest BCUT2D eigenvalue weighted by atomic mass is 16.5. The molecule has 0 spiro atoms. The van der Waals surface area contributed by atoms with Gasteiger partial charge >= 0.3 is 0 Å². The normalized spacial score (nSPS) is 21.8. The Bertz CT molecular complexity index is 289. The van der Waals surface area contributed by atoms with Crippen molar-refractivity contribution in [3.63, 3.8) is 0 Å². The van der Waals surface area contributed by atoms with E-state index in [-0.39, 0.29) is 5.54 Å². The minimum atomic E-state index is 0.170. The number of nitrogens with zero attached hydrogens (tertiary/aromatic N) is 1. The summed E-state index contributed by atoms with van der Waals surface area (Å²) in [4.78, 5) is 2.57. The Hall–Kier alpha value is -0.560. The lowest BCUT2D eigenvalue weighted by Crippen LogP contribution is -2.61. The van der Waals surface area contributed by atoms with Gasteiger partial charge in [0.05, 0.1) is 13.2 Å². The van der Waals surface area contributed by atoms with Crippen molar-refractivity contribution in [3.8, 4) is 11.8 Å². The van der Waals surface area contributed by atoms with Crippen LogP contribution < -0.4 is 5.32 Å². The van der Waals surface area contributed by atoms with Crippen LogP contribution in [-0.4, -0.2) is 49.3 Å². The molecule has 1 aliphatic heterocycles. The third-order valence-corrected chi connectivity index (χ3v) is 4.13. The van der Waals surface area contributed by atoms with Crippen LogP contribution in [0, 0.1) is 11.8 Å². The topological polar surface area (TPSA) is 24.5 Å². The van der Waals surface area contributed by atoms with Crippen LogP contribution in [0.15, 0.2) is 0 Å². The molecule has 0 aliphatic carbocycles. The molecule has 3 heteroatoms. The highest BCUT2D eigenvalue weighted by Crippen LogP contribution is 2.26. The van der Waals surface area contributed by atoms with Gasteiger partial charge in [-0.15, -0.1) is 11.8 Å². The van der Waals surface area contributed by atoms with E-state index < -0.39 is 0 Å². The number of hydrogen-bond donors (Lipinski definition) is 1. The van der Waals surface area contributed by atoms with Crippen molar-refractivity contribution < 1.29 is 4.74 Å². The van der Waals surface area contributed by atoms with Gasteiger partial charge in [-0.1, -0.05) is 13.8 Å². The van der Waals surface area contributed by atoms with E-state index in [1.165, 1.54) is 0 Å². The minimum Gasteiger partial charge on any atom is -0.379 e. The highest BCUT2D eigenvalue weighted by Gasteiger charge is 2.37. The zero-order chi connectivity index (χ0) is 13.4. The van der Waals surface area contributed by atoms with E-state index in [1.807, 2.05) is 6.92 Å². The molecule has 0 aromatic heterocycles. The van der Waals surface area contributed by atoms with E-state index in [1.54, 1.807) is 0 Å². The second kappa shape index (κ2) is 7.78. The fraction of sp³-hybridized carbons (Fsp3) is 0.867. The maximum absolute atomic E-state index is 5.47. The maximum atomic E-state index is 5.47. The van der Waals surface area contributed by atoms with Crippen LogP contribution in [0.2, 0.25) is 0 Å². The van der Waals surface area contributed by atoms with E-state index in [9.17, 15) is 0 Å². The molecule has 0 aromatic carbocycles. The van der Waals surface area contributed by atoms with Crippen molar-refractivity contribution in [2.75, 3.05) is 32.8 Å². The third kappa shape index (κ3) is 3.71. The van der Waals surface area contributed by atoms with E-state index in [0.717, 1.165) is 45.7 Å². The summed E-state index contributed by atoms with van der Waals surface area (Å²) in [7, 11) is 0. The van der Waals surface area contributed by atoms with Crippen molar-refractivity contribution in [3.05, 3.63) is 0 Å². The van der Waals surface area contributed by atoms with Gasteiger partial charge in [0.1, 0.15) is 0 Å². The summed E-state index contributed by atoms with van der Waals surface area (Å²) in [6.45, 7) is 13.5. The van der Waals surface area contributed by atoms with Crippen LogP contribution in [0.3, 0.4) is 0 Å². The molecule has 1 fully saturated rings. The number of ether oxygens (including phenoxy) is 1. The third-order valence-electron chi connectivity index (χ3n) is 4.13. The molecule has 3 nitrogen and oxygen atoms in total. The van der Waals surface area contributed by atoms with Crippen LogP contribution in [-0.2, 0) is 4.74 Å². The Morgan fingerprint density at radius 2 is 2.00 bits per heavy atom. The predicted octanol–water partition coefficient (Wildman–Crippen LogP) is 1.88. The molecule has 1 N–H and O–H groups in total. The molecule has 18 heavy (non-hydrogen) atoms. The molecular formula is C15H28N2O. The first kappa shape index (κ1) is 15.5. The molecule has 1 saturated heterocycles. The summed E-state index contributed by atoms with van der Waals surface area (Å²) >= 11 is 0. The molecule has 0 aromatic rings. The average molecular weight is 252 g/mol. The van der Waals surface area contributed by atoms with Gasteiger partial charge in [0, 0.05) is 31.1 Å². The van der Waals surface area contributed by atoms with Crippen LogP contribution in [0.5, 0.6) is 0 Å². The van der Waals surface area contributed by atoms with Gasteiger partial charge in [-0.25, -0.2) is 0 Å². The largest absolute Gasteiger partial charge is 0.379 e. The molecule has 1 rings (SSSR count). The number of rotatable bonds is 6. The van der Waals surface area contributed by atoms with Crippen LogP contribution in [0.4, 0.5) is 0 Å². The van der Waals surface area contributed by atoms with Crippen molar-refractivity contribution in [1.29, 1.82) is 0 Å². The molecule has 0 radical (unpaired) electrons. The van der Waals surface area contributed by atoms with Crippen LogP contribution in [0.1, 0.15) is 40.5 Å².